The van der Waals surface area contributed by atoms with Crippen molar-refractivity contribution < 1.29 is 4.39 Å². The SMILES string of the molecule is Cc1ccc(C(N)C2(C)CCCS2)cc1F. The maximum Gasteiger partial charge on any atom is 0.126 e. The highest BCUT2D eigenvalue weighted by Crippen LogP contribution is 2.45. The van der Waals surface area contributed by atoms with E-state index in [1.54, 1.807) is 13.0 Å². The molecule has 2 rings (SSSR count). The fourth-order valence-corrected chi connectivity index (χ4v) is 3.56. The Balaban J connectivity index is 2.26. The van der Waals surface area contributed by atoms with E-state index in [-0.39, 0.29) is 16.6 Å². The molecule has 3 heteroatoms. The van der Waals surface area contributed by atoms with Crippen molar-refractivity contribution in [2.24, 2.45) is 5.73 Å². The van der Waals surface area contributed by atoms with Gasteiger partial charge in [-0.15, -0.1) is 0 Å². The molecule has 1 aromatic carbocycles. The first-order valence-corrected chi connectivity index (χ1v) is 6.67. The van der Waals surface area contributed by atoms with Gasteiger partial charge in [-0.3, -0.25) is 0 Å². The van der Waals surface area contributed by atoms with E-state index in [2.05, 4.69) is 6.92 Å². The Morgan fingerprint density at radius 1 is 1.50 bits per heavy atom. The molecule has 1 heterocycles. The van der Waals surface area contributed by atoms with Crippen molar-refractivity contribution in [1.29, 1.82) is 0 Å². The fourth-order valence-electron chi connectivity index (χ4n) is 2.20. The number of rotatable bonds is 2. The molecule has 0 amide bonds. The van der Waals surface area contributed by atoms with Crippen LogP contribution in [0, 0.1) is 12.7 Å². The Hall–Kier alpha value is -0.540. The van der Waals surface area contributed by atoms with Crippen molar-refractivity contribution in [3.8, 4) is 0 Å². The number of benzene rings is 1. The summed E-state index contributed by atoms with van der Waals surface area (Å²) in [7, 11) is 0. The van der Waals surface area contributed by atoms with Crippen molar-refractivity contribution in [2.75, 3.05) is 5.75 Å². The van der Waals surface area contributed by atoms with Gasteiger partial charge in [-0.25, -0.2) is 4.39 Å². The summed E-state index contributed by atoms with van der Waals surface area (Å²) in [6.07, 6.45) is 2.33. The summed E-state index contributed by atoms with van der Waals surface area (Å²) < 4.78 is 13.6. The lowest BCUT2D eigenvalue weighted by atomic mass is 9.90. The largest absolute Gasteiger partial charge is 0.323 e. The van der Waals surface area contributed by atoms with Gasteiger partial charge in [-0.2, -0.15) is 11.8 Å². The molecule has 1 aliphatic rings. The number of halogens is 1. The van der Waals surface area contributed by atoms with Crippen LogP contribution in [-0.4, -0.2) is 10.5 Å². The van der Waals surface area contributed by atoms with Crippen LogP contribution in [0.5, 0.6) is 0 Å². The van der Waals surface area contributed by atoms with Crippen LogP contribution in [-0.2, 0) is 0 Å². The van der Waals surface area contributed by atoms with E-state index >= 15 is 0 Å². The lowest BCUT2D eigenvalue weighted by Crippen LogP contribution is -2.33. The van der Waals surface area contributed by atoms with Gasteiger partial charge in [0.1, 0.15) is 5.82 Å². The maximum atomic E-state index is 13.5. The molecule has 2 atom stereocenters. The van der Waals surface area contributed by atoms with Gasteiger partial charge < -0.3 is 5.73 Å². The van der Waals surface area contributed by atoms with Gasteiger partial charge in [-0.05, 0) is 49.6 Å². The van der Waals surface area contributed by atoms with Crippen LogP contribution in [0.2, 0.25) is 0 Å². The summed E-state index contributed by atoms with van der Waals surface area (Å²) >= 11 is 1.91. The van der Waals surface area contributed by atoms with Crippen LogP contribution in [0.25, 0.3) is 0 Å². The van der Waals surface area contributed by atoms with Crippen molar-refractivity contribution in [3.05, 3.63) is 35.1 Å². The highest BCUT2D eigenvalue weighted by atomic mass is 32.2. The van der Waals surface area contributed by atoms with Gasteiger partial charge in [0.15, 0.2) is 0 Å². The van der Waals surface area contributed by atoms with Crippen LogP contribution >= 0.6 is 11.8 Å². The summed E-state index contributed by atoms with van der Waals surface area (Å²) in [6, 6.07) is 5.28. The predicted molar refractivity (Wildman–Crippen MR) is 68.2 cm³/mol. The van der Waals surface area contributed by atoms with Gasteiger partial charge in [0, 0.05) is 10.8 Å². The van der Waals surface area contributed by atoms with E-state index in [0.29, 0.717) is 5.56 Å². The quantitative estimate of drug-likeness (QED) is 0.855. The average Bonchev–Trinajstić information content (AvgIpc) is 2.70. The molecule has 0 aliphatic carbocycles. The Labute approximate surface area is 101 Å². The molecular weight excluding hydrogens is 221 g/mol. The average molecular weight is 239 g/mol. The van der Waals surface area contributed by atoms with Gasteiger partial charge >= 0.3 is 0 Å². The summed E-state index contributed by atoms with van der Waals surface area (Å²) in [6.45, 7) is 3.96. The van der Waals surface area contributed by atoms with Crippen LogP contribution in [0.3, 0.4) is 0 Å². The second-order valence-electron chi connectivity index (χ2n) is 4.75. The number of thioether (sulfide) groups is 1. The minimum Gasteiger partial charge on any atom is -0.323 e. The first-order chi connectivity index (χ1) is 7.53. The third-order valence-electron chi connectivity index (χ3n) is 3.46. The highest BCUT2D eigenvalue weighted by molar-refractivity contribution is 8.00. The molecule has 0 aromatic heterocycles. The van der Waals surface area contributed by atoms with Gasteiger partial charge in [0.25, 0.3) is 0 Å². The molecule has 2 unspecified atom stereocenters. The van der Waals surface area contributed by atoms with Gasteiger partial charge in [0.05, 0.1) is 0 Å². The maximum absolute atomic E-state index is 13.5. The summed E-state index contributed by atoms with van der Waals surface area (Å²) in [5, 5.41) is 0. The second-order valence-corrected chi connectivity index (χ2v) is 6.38. The predicted octanol–water partition coefficient (Wildman–Crippen LogP) is 3.42. The van der Waals surface area contributed by atoms with Gasteiger partial charge in [0.2, 0.25) is 0 Å². The lowest BCUT2D eigenvalue weighted by Gasteiger charge is -2.30. The smallest absolute Gasteiger partial charge is 0.126 e. The summed E-state index contributed by atoms with van der Waals surface area (Å²) in [5.74, 6) is 1.01. The molecular formula is C13H18FNS. The van der Waals surface area contributed by atoms with Crippen LogP contribution < -0.4 is 5.73 Å². The van der Waals surface area contributed by atoms with Crippen LogP contribution in [0.15, 0.2) is 18.2 Å². The molecule has 1 saturated heterocycles. The number of hydrogen-bond acceptors (Lipinski definition) is 2. The topological polar surface area (TPSA) is 26.0 Å². The Morgan fingerprint density at radius 3 is 2.81 bits per heavy atom. The zero-order valence-corrected chi connectivity index (χ0v) is 10.6. The molecule has 1 fully saturated rings. The van der Waals surface area contributed by atoms with Crippen molar-refractivity contribution >= 4 is 11.8 Å². The zero-order valence-electron chi connectivity index (χ0n) is 9.79. The van der Waals surface area contributed by atoms with E-state index < -0.39 is 0 Å². The molecule has 1 aliphatic heterocycles. The summed E-state index contributed by atoms with van der Waals surface area (Å²) in [4.78, 5) is 0. The molecule has 88 valence electrons. The standard InChI is InChI=1S/C13H18FNS/c1-9-4-5-10(8-11(9)14)12(15)13(2)6-3-7-16-13/h4-5,8,12H,3,6-7,15H2,1-2H3. The lowest BCUT2D eigenvalue weighted by molar-refractivity contribution is 0.498. The number of hydrogen-bond donors (Lipinski definition) is 1. The van der Waals surface area contributed by atoms with E-state index in [1.165, 1.54) is 12.2 Å². The van der Waals surface area contributed by atoms with E-state index in [1.807, 2.05) is 23.9 Å². The van der Waals surface area contributed by atoms with Crippen molar-refractivity contribution in [3.63, 3.8) is 0 Å². The number of aryl methyl sites for hydroxylation is 1. The minimum atomic E-state index is -0.153. The fraction of sp³-hybridized carbons (Fsp3) is 0.538. The molecule has 16 heavy (non-hydrogen) atoms. The third-order valence-corrected chi connectivity index (χ3v) is 5.07. The van der Waals surface area contributed by atoms with E-state index in [0.717, 1.165) is 12.0 Å². The van der Waals surface area contributed by atoms with E-state index in [9.17, 15) is 4.39 Å². The molecule has 0 bridgehead atoms. The minimum absolute atomic E-state index is 0.0711. The van der Waals surface area contributed by atoms with E-state index in [4.69, 9.17) is 5.73 Å². The normalized spacial score (nSPS) is 27.0. The Kier molecular flexibility index (Phi) is 3.27. The van der Waals surface area contributed by atoms with Crippen LogP contribution in [0.1, 0.15) is 36.9 Å². The third kappa shape index (κ3) is 2.11. The monoisotopic (exact) mass is 239 g/mol. The molecule has 0 saturated carbocycles. The van der Waals surface area contributed by atoms with Crippen molar-refractivity contribution in [2.45, 2.75) is 37.5 Å². The second kappa shape index (κ2) is 4.38. The van der Waals surface area contributed by atoms with Gasteiger partial charge in [-0.1, -0.05) is 12.1 Å². The number of nitrogens with two attached hydrogens (primary N) is 1. The molecule has 1 aromatic rings. The molecule has 0 spiro atoms. The summed E-state index contributed by atoms with van der Waals surface area (Å²) in [5.41, 5.74) is 7.86. The zero-order chi connectivity index (χ0) is 11.8. The molecule has 1 nitrogen and oxygen atoms in total. The molecule has 0 radical (unpaired) electrons. The first kappa shape index (κ1) is 11.9. The molecule has 2 N–H and O–H groups in total. The highest BCUT2D eigenvalue weighted by Gasteiger charge is 2.36. The van der Waals surface area contributed by atoms with Crippen LogP contribution in [0.4, 0.5) is 4.39 Å². The van der Waals surface area contributed by atoms with Crippen molar-refractivity contribution in [1.82, 2.24) is 0 Å². The Bertz CT molecular complexity index is 386. The first-order valence-electron chi connectivity index (χ1n) is 5.68. The Morgan fingerprint density at radius 2 is 2.25 bits per heavy atom.